The Kier molecular flexibility index (Phi) is 5.51. The second-order valence-corrected chi connectivity index (χ2v) is 5.46. The van der Waals surface area contributed by atoms with Gasteiger partial charge in [0, 0.05) is 24.7 Å². The smallest absolute Gasteiger partial charge is 0.224 e. The van der Waals surface area contributed by atoms with Crippen molar-refractivity contribution >= 4 is 24.0 Å². The highest BCUT2D eigenvalue weighted by atomic mass is 35.5. The van der Waals surface area contributed by atoms with Crippen LogP contribution in [0.5, 0.6) is 0 Å². The first-order valence-electron chi connectivity index (χ1n) is 7.17. The summed E-state index contributed by atoms with van der Waals surface area (Å²) in [5.41, 5.74) is 1.74. The average molecular weight is 322 g/mol. The maximum Gasteiger partial charge on any atom is 0.224 e. The van der Waals surface area contributed by atoms with E-state index in [1.807, 2.05) is 35.9 Å². The van der Waals surface area contributed by atoms with Gasteiger partial charge in [0.2, 0.25) is 5.91 Å². The third-order valence-corrected chi connectivity index (χ3v) is 3.75. The number of carbonyl (C=O) groups excluding carboxylic acids is 1. The maximum absolute atomic E-state index is 12.1. The standard InChI is InChI=1S/C15H19N5O.ClH/c1-20-10-17-19-15(20)12-3-2-4-13(8-12)18-14(21)7-11-5-6-16-9-11;/h2-4,8,10-11,16H,5-7,9H2,1H3,(H,18,21);1H. The van der Waals surface area contributed by atoms with Crippen LogP contribution in [0.25, 0.3) is 11.4 Å². The quantitative estimate of drug-likeness (QED) is 0.901. The highest BCUT2D eigenvalue weighted by Crippen LogP contribution is 2.21. The Balaban J connectivity index is 0.00000176. The number of halogens is 1. The fraction of sp³-hybridized carbons (Fsp3) is 0.400. The molecular formula is C15H20ClN5O. The number of aryl methyl sites for hydroxylation is 1. The average Bonchev–Trinajstić information content (AvgIpc) is 3.10. The first-order valence-corrected chi connectivity index (χ1v) is 7.17. The molecule has 1 unspecified atom stereocenters. The summed E-state index contributed by atoms with van der Waals surface area (Å²) < 4.78 is 1.85. The molecule has 0 saturated carbocycles. The molecule has 3 rings (SSSR count). The molecule has 1 aromatic carbocycles. The molecule has 0 aliphatic carbocycles. The fourth-order valence-electron chi connectivity index (χ4n) is 2.64. The van der Waals surface area contributed by atoms with Gasteiger partial charge in [0.1, 0.15) is 6.33 Å². The van der Waals surface area contributed by atoms with E-state index in [1.165, 1.54) is 0 Å². The van der Waals surface area contributed by atoms with Crippen molar-refractivity contribution in [1.29, 1.82) is 0 Å². The van der Waals surface area contributed by atoms with E-state index in [0.717, 1.165) is 36.6 Å². The van der Waals surface area contributed by atoms with Gasteiger partial charge in [0.05, 0.1) is 0 Å². The number of hydrogen-bond donors (Lipinski definition) is 2. The van der Waals surface area contributed by atoms with Gasteiger partial charge in [-0.05, 0) is 37.6 Å². The monoisotopic (exact) mass is 321 g/mol. The summed E-state index contributed by atoms with van der Waals surface area (Å²) in [6, 6.07) is 7.69. The van der Waals surface area contributed by atoms with Crippen molar-refractivity contribution < 1.29 is 4.79 Å². The Bertz CT molecular complexity index is 636. The van der Waals surface area contributed by atoms with Gasteiger partial charge in [0.25, 0.3) is 0 Å². The predicted molar refractivity (Wildman–Crippen MR) is 87.9 cm³/mol. The van der Waals surface area contributed by atoms with Crippen LogP contribution in [0.15, 0.2) is 30.6 Å². The van der Waals surface area contributed by atoms with Crippen LogP contribution in [0.4, 0.5) is 5.69 Å². The van der Waals surface area contributed by atoms with Gasteiger partial charge in [-0.15, -0.1) is 22.6 Å². The molecule has 1 fully saturated rings. The van der Waals surface area contributed by atoms with E-state index >= 15 is 0 Å². The van der Waals surface area contributed by atoms with E-state index in [9.17, 15) is 4.79 Å². The third-order valence-electron chi connectivity index (χ3n) is 3.75. The molecule has 1 saturated heterocycles. The zero-order valence-electron chi connectivity index (χ0n) is 12.5. The summed E-state index contributed by atoms with van der Waals surface area (Å²) in [6.45, 7) is 1.95. The van der Waals surface area contributed by atoms with E-state index in [1.54, 1.807) is 6.33 Å². The summed E-state index contributed by atoms with van der Waals surface area (Å²) in [6.07, 6.45) is 3.31. The van der Waals surface area contributed by atoms with Gasteiger partial charge in [-0.25, -0.2) is 0 Å². The minimum Gasteiger partial charge on any atom is -0.326 e. The molecular weight excluding hydrogens is 302 g/mol. The van der Waals surface area contributed by atoms with Crippen LogP contribution in [-0.2, 0) is 11.8 Å². The number of benzene rings is 1. The number of hydrogen-bond acceptors (Lipinski definition) is 4. The van der Waals surface area contributed by atoms with Gasteiger partial charge in [-0.2, -0.15) is 0 Å². The summed E-state index contributed by atoms with van der Waals surface area (Å²) >= 11 is 0. The lowest BCUT2D eigenvalue weighted by Crippen LogP contribution is -2.18. The van der Waals surface area contributed by atoms with Crippen LogP contribution < -0.4 is 10.6 Å². The number of amides is 1. The predicted octanol–water partition coefficient (Wildman–Crippen LogP) is 1.84. The van der Waals surface area contributed by atoms with E-state index in [4.69, 9.17) is 0 Å². The summed E-state index contributed by atoms with van der Waals surface area (Å²) in [4.78, 5) is 12.1. The zero-order valence-corrected chi connectivity index (χ0v) is 13.3. The SMILES string of the molecule is Cl.Cn1cnnc1-c1cccc(NC(=O)CC2CCNC2)c1. The highest BCUT2D eigenvalue weighted by Gasteiger charge is 2.18. The Morgan fingerprint density at radius 2 is 2.36 bits per heavy atom. The number of nitrogens with zero attached hydrogens (tertiary/aromatic N) is 3. The second kappa shape index (κ2) is 7.38. The third kappa shape index (κ3) is 3.84. The molecule has 0 radical (unpaired) electrons. The first-order chi connectivity index (χ1) is 10.2. The molecule has 1 aliphatic rings. The largest absolute Gasteiger partial charge is 0.326 e. The molecule has 0 bridgehead atoms. The lowest BCUT2D eigenvalue weighted by Gasteiger charge is -2.10. The zero-order chi connectivity index (χ0) is 14.7. The molecule has 2 aromatic rings. The molecule has 6 nitrogen and oxygen atoms in total. The van der Waals surface area contributed by atoms with Crippen LogP contribution in [0.3, 0.4) is 0 Å². The van der Waals surface area contributed by atoms with Crippen LogP contribution in [0, 0.1) is 5.92 Å². The van der Waals surface area contributed by atoms with Crippen molar-refractivity contribution in [1.82, 2.24) is 20.1 Å². The topological polar surface area (TPSA) is 71.8 Å². The van der Waals surface area contributed by atoms with E-state index < -0.39 is 0 Å². The summed E-state index contributed by atoms with van der Waals surface area (Å²) in [5, 5.41) is 14.2. The van der Waals surface area contributed by atoms with Gasteiger partial charge < -0.3 is 15.2 Å². The Labute approximate surface area is 135 Å². The fourth-order valence-corrected chi connectivity index (χ4v) is 2.64. The molecule has 118 valence electrons. The van der Waals surface area contributed by atoms with Crippen molar-refractivity contribution in [2.24, 2.45) is 13.0 Å². The minimum atomic E-state index is 0. The normalized spacial score (nSPS) is 17.0. The molecule has 2 heterocycles. The van der Waals surface area contributed by atoms with Gasteiger partial charge >= 0.3 is 0 Å². The van der Waals surface area contributed by atoms with Crippen molar-refractivity contribution in [2.75, 3.05) is 18.4 Å². The number of aromatic nitrogens is 3. The highest BCUT2D eigenvalue weighted by molar-refractivity contribution is 5.91. The number of rotatable bonds is 4. The van der Waals surface area contributed by atoms with Crippen LogP contribution in [0.2, 0.25) is 0 Å². The molecule has 22 heavy (non-hydrogen) atoms. The number of anilines is 1. The Hall–Kier alpha value is -1.92. The molecule has 0 spiro atoms. The van der Waals surface area contributed by atoms with Crippen molar-refractivity contribution in [2.45, 2.75) is 12.8 Å². The van der Waals surface area contributed by atoms with E-state index in [0.29, 0.717) is 12.3 Å². The van der Waals surface area contributed by atoms with E-state index in [2.05, 4.69) is 20.8 Å². The van der Waals surface area contributed by atoms with Crippen molar-refractivity contribution in [3.8, 4) is 11.4 Å². The van der Waals surface area contributed by atoms with E-state index in [-0.39, 0.29) is 18.3 Å². The Morgan fingerprint density at radius 1 is 1.50 bits per heavy atom. The molecule has 2 N–H and O–H groups in total. The molecule has 7 heteroatoms. The minimum absolute atomic E-state index is 0. The lowest BCUT2D eigenvalue weighted by molar-refractivity contribution is -0.116. The van der Waals surface area contributed by atoms with Gasteiger partial charge in [0.15, 0.2) is 5.82 Å². The molecule has 1 amide bonds. The number of nitrogens with one attached hydrogen (secondary N) is 2. The van der Waals surface area contributed by atoms with Gasteiger partial charge in [-0.1, -0.05) is 12.1 Å². The number of carbonyl (C=O) groups is 1. The van der Waals surface area contributed by atoms with Crippen molar-refractivity contribution in [3.63, 3.8) is 0 Å². The molecule has 1 aliphatic heterocycles. The summed E-state index contributed by atoms with van der Waals surface area (Å²) in [7, 11) is 1.90. The van der Waals surface area contributed by atoms with Crippen molar-refractivity contribution in [3.05, 3.63) is 30.6 Å². The summed E-state index contributed by atoms with van der Waals surface area (Å²) in [5.74, 6) is 1.30. The second-order valence-electron chi connectivity index (χ2n) is 5.46. The Morgan fingerprint density at radius 3 is 3.05 bits per heavy atom. The maximum atomic E-state index is 12.1. The van der Waals surface area contributed by atoms with Crippen LogP contribution >= 0.6 is 12.4 Å². The molecule has 1 atom stereocenters. The van der Waals surface area contributed by atoms with Gasteiger partial charge in [-0.3, -0.25) is 4.79 Å². The molecule has 1 aromatic heterocycles. The van der Waals surface area contributed by atoms with Crippen LogP contribution in [0.1, 0.15) is 12.8 Å². The first kappa shape index (κ1) is 16.5. The van der Waals surface area contributed by atoms with Crippen LogP contribution in [-0.4, -0.2) is 33.8 Å². The lowest BCUT2D eigenvalue weighted by atomic mass is 10.0.